The largest absolute Gasteiger partial charge is 0.496 e. The second-order valence-corrected chi connectivity index (χ2v) is 4.75. The molecule has 0 saturated carbocycles. The third-order valence-electron chi connectivity index (χ3n) is 3.06. The highest BCUT2D eigenvalue weighted by atomic mass is 16.5. The molecule has 20 heavy (non-hydrogen) atoms. The maximum atomic E-state index is 9.21. The lowest BCUT2D eigenvalue weighted by atomic mass is 10.0. The normalized spacial score (nSPS) is 12.5. The van der Waals surface area contributed by atoms with E-state index in [1.165, 1.54) is 7.11 Å². The molecular weight excluding hydrogens is 262 g/mol. The predicted molar refractivity (Wildman–Crippen MR) is 74.9 cm³/mol. The fourth-order valence-corrected chi connectivity index (χ4v) is 1.60. The third kappa shape index (κ3) is 3.83. The number of nitrogens with two attached hydrogens (primary N) is 1. The Morgan fingerprint density at radius 2 is 2.05 bits per heavy atom. The van der Waals surface area contributed by atoms with E-state index in [0.29, 0.717) is 17.9 Å². The molecule has 0 spiro atoms. The van der Waals surface area contributed by atoms with Gasteiger partial charge in [0.25, 0.3) is 0 Å². The zero-order valence-corrected chi connectivity index (χ0v) is 11.6. The topological polar surface area (TPSA) is 120 Å². The van der Waals surface area contributed by atoms with Gasteiger partial charge in [0.05, 0.1) is 31.4 Å². The zero-order valence-electron chi connectivity index (χ0n) is 11.6. The Bertz CT molecular complexity index is 473. The molecule has 0 saturated heterocycles. The fraction of sp³-hybridized carbons (Fsp3) is 0.462. The third-order valence-corrected chi connectivity index (χ3v) is 3.06. The summed E-state index contributed by atoms with van der Waals surface area (Å²) in [5.74, 6) is 0.451. The predicted octanol–water partition coefficient (Wildman–Crippen LogP) is -0.377. The summed E-state index contributed by atoms with van der Waals surface area (Å²) in [4.78, 5) is 0. The molecule has 7 heteroatoms. The van der Waals surface area contributed by atoms with Crippen LogP contribution in [0.4, 0.5) is 0 Å². The first-order valence-electron chi connectivity index (χ1n) is 6.11. The smallest absolute Gasteiger partial charge is 0.173 e. The molecule has 0 radical (unpaired) electrons. The number of nitrogens with zero attached hydrogens (tertiary/aromatic N) is 1. The molecule has 1 aromatic carbocycles. The Labute approximate surface area is 117 Å². The lowest BCUT2D eigenvalue weighted by Gasteiger charge is -2.26. The highest BCUT2D eigenvalue weighted by molar-refractivity contribution is 5.99. The molecule has 0 bridgehead atoms. The van der Waals surface area contributed by atoms with E-state index in [9.17, 15) is 10.2 Å². The molecule has 1 aromatic rings. The lowest BCUT2D eigenvalue weighted by molar-refractivity contribution is 0.103. The number of methoxy groups -OCH3 is 1. The lowest BCUT2D eigenvalue weighted by Crippen LogP contribution is -2.48. The molecule has 0 aliphatic carbocycles. The van der Waals surface area contributed by atoms with Crippen molar-refractivity contribution in [3.63, 3.8) is 0 Å². The number of benzene rings is 1. The first kappa shape index (κ1) is 16.2. The molecule has 0 unspecified atom stereocenters. The van der Waals surface area contributed by atoms with Gasteiger partial charge in [-0.2, -0.15) is 0 Å². The fourth-order valence-electron chi connectivity index (χ4n) is 1.60. The van der Waals surface area contributed by atoms with E-state index < -0.39 is 5.54 Å². The number of ether oxygens (including phenoxy) is 1. The first-order valence-corrected chi connectivity index (χ1v) is 6.11. The van der Waals surface area contributed by atoms with Gasteiger partial charge in [0.1, 0.15) is 5.75 Å². The second-order valence-electron chi connectivity index (χ2n) is 4.75. The molecule has 7 nitrogen and oxygen atoms in total. The molecule has 0 aliphatic heterocycles. The number of rotatable bonds is 7. The Morgan fingerprint density at radius 1 is 1.40 bits per heavy atom. The van der Waals surface area contributed by atoms with E-state index in [-0.39, 0.29) is 19.0 Å². The van der Waals surface area contributed by atoms with Crippen LogP contribution in [0.3, 0.4) is 0 Å². The van der Waals surface area contributed by atoms with Crippen molar-refractivity contribution >= 4 is 5.84 Å². The van der Waals surface area contributed by atoms with Gasteiger partial charge >= 0.3 is 0 Å². The number of hydrogen-bond donors (Lipinski definition) is 5. The van der Waals surface area contributed by atoms with Crippen LogP contribution in [0.5, 0.6) is 5.75 Å². The summed E-state index contributed by atoms with van der Waals surface area (Å²) in [6, 6.07) is 5.24. The molecule has 0 atom stereocenters. The van der Waals surface area contributed by atoms with Crippen molar-refractivity contribution < 1.29 is 20.2 Å². The van der Waals surface area contributed by atoms with Crippen molar-refractivity contribution in [3.05, 3.63) is 29.3 Å². The Hall–Kier alpha value is -1.83. The second kappa shape index (κ2) is 7.09. The van der Waals surface area contributed by atoms with Crippen molar-refractivity contribution in [2.24, 2.45) is 10.9 Å². The molecular formula is C13H21N3O4. The van der Waals surface area contributed by atoms with Crippen LogP contribution in [0.1, 0.15) is 18.1 Å². The van der Waals surface area contributed by atoms with E-state index in [4.69, 9.17) is 15.7 Å². The zero-order chi connectivity index (χ0) is 15.2. The molecule has 0 aliphatic rings. The maximum Gasteiger partial charge on any atom is 0.173 e. The molecule has 0 aromatic heterocycles. The molecule has 1 rings (SSSR count). The molecule has 6 N–H and O–H groups in total. The van der Waals surface area contributed by atoms with Crippen molar-refractivity contribution in [3.8, 4) is 5.75 Å². The standard InChI is InChI=1S/C13H21N3O4/c1-13(7-17,8-18)15-6-9-3-4-11(20-2)10(5-9)12(14)16-19/h3-5,15,17-19H,6-8H2,1-2H3,(H2,14,16). The summed E-state index contributed by atoms with van der Waals surface area (Å²) >= 11 is 0. The van der Waals surface area contributed by atoms with Gasteiger partial charge in [-0.3, -0.25) is 0 Å². The minimum absolute atomic E-state index is 0.0456. The maximum absolute atomic E-state index is 9.21. The van der Waals surface area contributed by atoms with Gasteiger partial charge < -0.3 is 31.2 Å². The monoisotopic (exact) mass is 283 g/mol. The van der Waals surface area contributed by atoms with Crippen molar-refractivity contribution in [1.82, 2.24) is 5.32 Å². The average Bonchev–Trinajstić information content (AvgIpc) is 2.51. The minimum Gasteiger partial charge on any atom is -0.496 e. The van der Waals surface area contributed by atoms with Gasteiger partial charge in [0.2, 0.25) is 0 Å². The van der Waals surface area contributed by atoms with Crippen LogP contribution >= 0.6 is 0 Å². The minimum atomic E-state index is -0.767. The van der Waals surface area contributed by atoms with Crippen LogP contribution in [0.25, 0.3) is 0 Å². The SMILES string of the molecule is COc1ccc(CNC(C)(CO)CO)cc1/C(N)=N/O. The molecule has 0 heterocycles. The van der Waals surface area contributed by atoms with Gasteiger partial charge in [-0.05, 0) is 24.6 Å². The van der Waals surface area contributed by atoms with Gasteiger partial charge in [-0.15, -0.1) is 0 Å². The van der Waals surface area contributed by atoms with E-state index in [2.05, 4.69) is 10.5 Å². The summed E-state index contributed by atoms with van der Waals surface area (Å²) in [5, 5.41) is 33.2. The van der Waals surface area contributed by atoms with E-state index in [1.54, 1.807) is 19.1 Å². The van der Waals surface area contributed by atoms with Crippen molar-refractivity contribution in [2.75, 3.05) is 20.3 Å². The van der Waals surface area contributed by atoms with Gasteiger partial charge in [-0.1, -0.05) is 11.2 Å². The number of aliphatic hydroxyl groups excluding tert-OH is 2. The first-order chi connectivity index (χ1) is 9.49. The van der Waals surface area contributed by atoms with E-state index in [1.807, 2.05) is 6.07 Å². The van der Waals surface area contributed by atoms with Crippen LogP contribution in [-0.4, -0.2) is 47.1 Å². The van der Waals surface area contributed by atoms with E-state index in [0.717, 1.165) is 5.56 Å². The summed E-state index contributed by atoms with van der Waals surface area (Å²) in [5.41, 5.74) is 6.15. The number of oxime groups is 1. The van der Waals surface area contributed by atoms with Crippen LogP contribution in [-0.2, 0) is 6.54 Å². The number of hydrogen-bond acceptors (Lipinski definition) is 6. The summed E-state index contributed by atoms with van der Waals surface area (Å²) in [6.07, 6.45) is 0. The summed E-state index contributed by atoms with van der Waals surface area (Å²) in [7, 11) is 1.50. The number of aliphatic hydroxyl groups is 2. The van der Waals surface area contributed by atoms with Crippen LogP contribution in [0.2, 0.25) is 0 Å². The van der Waals surface area contributed by atoms with Crippen LogP contribution < -0.4 is 15.8 Å². The Morgan fingerprint density at radius 3 is 2.55 bits per heavy atom. The van der Waals surface area contributed by atoms with Gasteiger partial charge in [0, 0.05) is 6.54 Å². The van der Waals surface area contributed by atoms with Crippen LogP contribution in [0, 0.1) is 0 Å². The van der Waals surface area contributed by atoms with E-state index >= 15 is 0 Å². The highest BCUT2D eigenvalue weighted by Crippen LogP contribution is 2.20. The van der Waals surface area contributed by atoms with Crippen LogP contribution in [0.15, 0.2) is 23.4 Å². The molecule has 0 fully saturated rings. The van der Waals surface area contributed by atoms with Gasteiger partial charge in [-0.25, -0.2) is 0 Å². The average molecular weight is 283 g/mol. The van der Waals surface area contributed by atoms with Crippen molar-refractivity contribution in [1.29, 1.82) is 0 Å². The summed E-state index contributed by atoms with van der Waals surface area (Å²) < 4.78 is 5.14. The molecule has 0 amide bonds. The van der Waals surface area contributed by atoms with Crippen molar-refractivity contribution in [2.45, 2.75) is 19.0 Å². The quantitative estimate of drug-likeness (QED) is 0.201. The number of amidine groups is 1. The number of nitrogens with one attached hydrogen (secondary N) is 1. The highest BCUT2D eigenvalue weighted by Gasteiger charge is 2.21. The molecule has 112 valence electrons. The summed E-state index contributed by atoms with van der Waals surface area (Å²) in [6.45, 7) is 1.74. The van der Waals surface area contributed by atoms with Gasteiger partial charge in [0.15, 0.2) is 5.84 Å². The Kier molecular flexibility index (Phi) is 5.75. The Balaban J connectivity index is 2.93.